The molecular weight excluding hydrogens is 307 g/mol. The summed E-state index contributed by atoms with van der Waals surface area (Å²) in [5.74, 6) is 0.307. The van der Waals surface area contributed by atoms with Crippen molar-refractivity contribution in [3.63, 3.8) is 0 Å². The van der Waals surface area contributed by atoms with E-state index in [0.717, 1.165) is 5.56 Å². The lowest BCUT2D eigenvalue weighted by atomic mass is 10.2. The molecule has 0 bridgehead atoms. The molecule has 0 spiro atoms. The summed E-state index contributed by atoms with van der Waals surface area (Å²) >= 11 is 0. The monoisotopic (exact) mass is 324 g/mol. The van der Waals surface area contributed by atoms with Gasteiger partial charge in [-0.2, -0.15) is 0 Å². The summed E-state index contributed by atoms with van der Waals surface area (Å²) < 4.78 is 32.3. The molecule has 1 aromatic carbocycles. The smallest absolute Gasteiger partial charge is 0.337 e. The van der Waals surface area contributed by atoms with Crippen LogP contribution in [-0.2, 0) is 26.4 Å². The minimum Gasteiger partial charge on any atom is -0.482 e. The molecule has 0 aliphatic rings. The van der Waals surface area contributed by atoms with Gasteiger partial charge in [0.2, 0.25) is 11.2 Å². The fourth-order valence-corrected chi connectivity index (χ4v) is 2.71. The zero-order chi connectivity index (χ0) is 16.0. The molecule has 0 radical (unpaired) electrons. The summed E-state index contributed by atoms with van der Waals surface area (Å²) in [6.45, 7) is 0.263. The second-order valence-corrected chi connectivity index (χ2v) is 6.75. The van der Waals surface area contributed by atoms with Crippen LogP contribution in [-0.4, -0.2) is 14.2 Å². The van der Waals surface area contributed by atoms with E-state index in [-0.39, 0.29) is 29.7 Å². The van der Waals surface area contributed by atoms with Crippen LogP contribution in [0.15, 0.2) is 51.9 Å². The highest BCUT2D eigenvalue weighted by atomic mass is 31.2. The largest absolute Gasteiger partial charge is 0.482 e. The number of ether oxygens (including phenoxy) is 1. The van der Waals surface area contributed by atoms with Gasteiger partial charge in [0.15, 0.2) is 0 Å². The van der Waals surface area contributed by atoms with Crippen molar-refractivity contribution < 1.29 is 22.8 Å². The number of benzene rings is 1. The summed E-state index contributed by atoms with van der Waals surface area (Å²) in [5.41, 5.74) is 0.588. The Labute approximate surface area is 128 Å². The maximum absolute atomic E-state index is 12.0. The molecule has 0 saturated heterocycles. The van der Waals surface area contributed by atoms with Crippen LogP contribution in [0.3, 0.4) is 0 Å². The lowest BCUT2D eigenvalue weighted by Crippen LogP contribution is -2.08. The first-order valence-electron chi connectivity index (χ1n) is 6.55. The van der Waals surface area contributed by atoms with Crippen molar-refractivity contribution in [2.75, 3.05) is 14.2 Å². The zero-order valence-corrected chi connectivity index (χ0v) is 13.2. The van der Waals surface area contributed by atoms with E-state index in [4.69, 9.17) is 18.2 Å². The van der Waals surface area contributed by atoms with Crippen LogP contribution in [0.2, 0.25) is 0 Å². The van der Waals surface area contributed by atoms with E-state index in [9.17, 15) is 9.36 Å². The Morgan fingerprint density at radius 1 is 1.14 bits per heavy atom. The Bertz CT molecular complexity index is 701. The van der Waals surface area contributed by atoms with E-state index in [0.29, 0.717) is 0 Å². The molecule has 6 nitrogen and oxygen atoms in total. The van der Waals surface area contributed by atoms with Gasteiger partial charge in [0.1, 0.15) is 24.8 Å². The Balaban J connectivity index is 2.07. The highest BCUT2D eigenvalue weighted by Crippen LogP contribution is 2.49. The van der Waals surface area contributed by atoms with Gasteiger partial charge < -0.3 is 18.2 Å². The third-order valence-electron chi connectivity index (χ3n) is 3.00. The lowest BCUT2D eigenvalue weighted by Gasteiger charge is -2.12. The molecule has 1 heterocycles. The van der Waals surface area contributed by atoms with Gasteiger partial charge in [-0.15, -0.1) is 0 Å². The van der Waals surface area contributed by atoms with Crippen molar-refractivity contribution in [2.45, 2.75) is 12.8 Å². The van der Waals surface area contributed by atoms with Crippen LogP contribution in [0.5, 0.6) is 5.75 Å². The van der Waals surface area contributed by atoms with Gasteiger partial charge in [0.25, 0.3) is 0 Å². The molecule has 0 fully saturated rings. The highest BCUT2D eigenvalue weighted by molar-refractivity contribution is 7.52. The minimum atomic E-state index is -3.27. The summed E-state index contributed by atoms with van der Waals surface area (Å²) in [4.78, 5) is 12.0. The second-order valence-electron chi connectivity index (χ2n) is 4.48. The first-order valence-corrected chi connectivity index (χ1v) is 8.28. The molecule has 0 saturated carbocycles. The maximum Gasteiger partial charge on any atom is 0.337 e. The van der Waals surface area contributed by atoms with Crippen molar-refractivity contribution in [3.05, 3.63) is 64.2 Å². The molecule has 0 aliphatic heterocycles. The van der Waals surface area contributed by atoms with Crippen molar-refractivity contribution in [1.29, 1.82) is 0 Å². The fourth-order valence-electron chi connectivity index (χ4n) is 1.76. The van der Waals surface area contributed by atoms with Gasteiger partial charge in [-0.05, 0) is 5.56 Å². The maximum atomic E-state index is 12.0. The second kappa shape index (κ2) is 7.40. The molecule has 0 unspecified atom stereocenters. The predicted molar refractivity (Wildman–Crippen MR) is 81.1 cm³/mol. The molecular formula is C15H17O6P. The molecule has 0 amide bonds. The van der Waals surface area contributed by atoms with Gasteiger partial charge in [-0.1, -0.05) is 30.3 Å². The van der Waals surface area contributed by atoms with Crippen molar-refractivity contribution in [2.24, 2.45) is 0 Å². The molecule has 0 atom stereocenters. The standard InChI is InChI=1S/C15H17O6P/c1-18-22(17,19-2)11-13-8-14(16)15(10-20-13)21-9-12-6-4-3-5-7-12/h3-8,10H,9,11H2,1-2H3. The molecule has 0 N–H and O–H groups in total. The first kappa shape index (κ1) is 16.5. The SMILES string of the molecule is COP(=O)(Cc1cc(=O)c(OCc2ccccc2)co1)OC. The third-order valence-corrected chi connectivity index (χ3v) is 4.81. The normalized spacial score (nSPS) is 11.4. The van der Waals surface area contributed by atoms with E-state index < -0.39 is 7.60 Å². The predicted octanol–water partition coefficient (Wildman–Crippen LogP) is 3.20. The molecule has 22 heavy (non-hydrogen) atoms. The molecule has 1 aromatic heterocycles. The molecule has 7 heteroatoms. The van der Waals surface area contributed by atoms with E-state index in [1.807, 2.05) is 30.3 Å². The minimum absolute atomic E-state index is 0.0947. The summed E-state index contributed by atoms with van der Waals surface area (Å²) in [6.07, 6.45) is 1.09. The lowest BCUT2D eigenvalue weighted by molar-refractivity contribution is 0.269. The molecule has 2 rings (SSSR count). The van der Waals surface area contributed by atoms with Gasteiger partial charge in [-0.3, -0.25) is 9.36 Å². The van der Waals surface area contributed by atoms with Crippen molar-refractivity contribution in [3.8, 4) is 5.75 Å². The average molecular weight is 324 g/mol. The molecule has 0 aliphatic carbocycles. The Morgan fingerprint density at radius 2 is 1.82 bits per heavy atom. The molecule has 118 valence electrons. The highest BCUT2D eigenvalue weighted by Gasteiger charge is 2.23. The van der Waals surface area contributed by atoms with E-state index >= 15 is 0 Å². The van der Waals surface area contributed by atoms with Crippen molar-refractivity contribution >= 4 is 7.60 Å². The fraction of sp³-hybridized carbons (Fsp3) is 0.267. The quantitative estimate of drug-likeness (QED) is 0.728. The Morgan fingerprint density at radius 3 is 2.41 bits per heavy atom. The summed E-state index contributed by atoms with van der Waals surface area (Å²) in [5, 5.41) is 0. The van der Waals surface area contributed by atoms with Gasteiger partial charge in [0, 0.05) is 20.3 Å². The van der Waals surface area contributed by atoms with Crippen LogP contribution in [0.25, 0.3) is 0 Å². The topological polar surface area (TPSA) is 75.0 Å². The number of rotatable bonds is 7. The number of hydrogen-bond donors (Lipinski definition) is 0. The third kappa shape index (κ3) is 4.31. The van der Waals surface area contributed by atoms with E-state index in [1.165, 1.54) is 26.5 Å². The van der Waals surface area contributed by atoms with E-state index in [2.05, 4.69) is 0 Å². The Hall–Kier alpha value is -1.88. The van der Waals surface area contributed by atoms with Gasteiger partial charge in [0.05, 0.1) is 0 Å². The van der Waals surface area contributed by atoms with Crippen LogP contribution < -0.4 is 10.2 Å². The number of hydrogen-bond acceptors (Lipinski definition) is 6. The zero-order valence-electron chi connectivity index (χ0n) is 12.4. The summed E-state index contributed by atoms with van der Waals surface area (Å²) in [6, 6.07) is 10.7. The van der Waals surface area contributed by atoms with Crippen LogP contribution in [0, 0.1) is 0 Å². The Kier molecular flexibility index (Phi) is 5.55. The first-order chi connectivity index (χ1) is 10.6. The average Bonchev–Trinajstić information content (AvgIpc) is 2.55. The van der Waals surface area contributed by atoms with Crippen LogP contribution >= 0.6 is 7.60 Å². The van der Waals surface area contributed by atoms with E-state index in [1.54, 1.807) is 0 Å². The summed E-state index contributed by atoms with van der Waals surface area (Å²) in [7, 11) is -0.720. The van der Waals surface area contributed by atoms with Gasteiger partial charge >= 0.3 is 7.60 Å². The van der Waals surface area contributed by atoms with Crippen LogP contribution in [0.4, 0.5) is 0 Å². The molecule has 2 aromatic rings. The van der Waals surface area contributed by atoms with Crippen LogP contribution in [0.1, 0.15) is 11.3 Å². The van der Waals surface area contributed by atoms with Gasteiger partial charge in [-0.25, -0.2) is 0 Å². The van der Waals surface area contributed by atoms with Crippen molar-refractivity contribution in [1.82, 2.24) is 0 Å².